The van der Waals surface area contributed by atoms with Gasteiger partial charge in [-0.1, -0.05) is 41.1 Å². The standard InChI is InChI=1S/C15H21BrN2O/c1-12-7-9-18(10-8-12)15(19)17(2)11-13-5-3-4-6-14(13)16/h3-6,12H,7-11H2,1-2H3. The van der Waals surface area contributed by atoms with Gasteiger partial charge in [0.25, 0.3) is 0 Å². The molecule has 0 radical (unpaired) electrons. The summed E-state index contributed by atoms with van der Waals surface area (Å²) in [6, 6.07) is 8.19. The second kappa shape index (κ2) is 6.42. The largest absolute Gasteiger partial charge is 0.325 e. The first-order valence-corrected chi connectivity index (χ1v) is 7.60. The molecular weight excluding hydrogens is 304 g/mol. The number of hydrogen-bond donors (Lipinski definition) is 0. The summed E-state index contributed by atoms with van der Waals surface area (Å²) < 4.78 is 1.06. The van der Waals surface area contributed by atoms with Gasteiger partial charge in [-0.25, -0.2) is 4.79 Å². The first-order valence-electron chi connectivity index (χ1n) is 6.81. The number of carbonyl (C=O) groups excluding carboxylic acids is 1. The number of urea groups is 1. The number of benzene rings is 1. The third-order valence-corrected chi connectivity index (χ3v) is 4.52. The molecule has 1 heterocycles. The fourth-order valence-corrected chi connectivity index (χ4v) is 2.80. The molecule has 1 aromatic carbocycles. The second-order valence-corrected chi connectivity index (χ2v) is 6.25. The molecule has 0 N–H and O–H groups in total. The molecule has 1 aliphatic heterocycles. The van der Waals surface area contributed by atoms with Gasteiger partial charge in [0, 0.05) is 31.2 Å². The van der Waals surface area contributed by atoms with Gasteiger partial charge in [-0.3, -0.25) is 0 Å². The molecule has 1 aliphatic rings. The molecule has 0 spiro atoms. The van der Waals surface area contributed by atoms with Crippen LogP contribution in [-0.2, 0) is 6.54 Å². The number of amides is 2. The zero-order valence-corrected chi connectivity index (χ0v) is 13.2. The average Bonchev–Trinajstić information content (AvgIpc) is 2.41. The molecule has 0 aromatic heterocycles. The molecule has 0 atom stereocenters. The molecule has 4 heteroatoms. The van der Waals surface area contributed by atoms with Gasteiger partial charge in [0.05, 0.1) is 0 Å². The highest BCUT2D eigenvalue weighted by atomic mass is 79.9. The van der Waals surface area contributed by atoms with E-state index in [1.807, 2.05) is 36.2 Å². The van der Waals surface area contributed by atoms with E-state index in [0.717, 1.165) is 41.9 Å². The molecule has 3 nitrogen and oxygen atoms in total. The minimum absolute atomic E-state index is 0.141. The van der Waals surface area contributed by atoms with E-state index in [1.54, 1.807) is 4.90 Å². The fraction of sp³-hybridized carbons (Fsp3) is 0.533. The summed E-state index contributed by atoms with van der Waals surface area (Å²) >= 11 is 3.53. The van der Waals surface area contributed by atoms with Crippen LogP contribution in [0.3, 0.4) is 0 Å². The van der Waals surface area contributed by atoms with Gasteiger partial charge in [-0.05, 0) is 30.4 Å². The summed E-state index contributed by atoms with van der Waals surface area (Å²) in [6.07, 6.45) is 2.24. The van der Waals surface area contributed by atoms with Crippen molar-refractivity contribution in [2.45, 2.75) is 26.3 Å². The zero-order chi connectivity index (χ0) is 13.8. The molecule has 2 amide bonds. The summed E-state index contributed by atoms with van der Waals surface area (Å²) in [5.74, 6) is 0.748. The lowest BCUT2D eigenvalue weighted by Crippen LogP contribution is -2.44. The topological polar surface area (TPSA) is 23.6 Å². The Morgan fingerprint density at radius 1 is 1.37 bits per heavy atom. The van der Waals surface area contributed by atoms with Crippen molar-refractivity contribution >= 4 is 22.0 Å². The highest BCUT2D eigenvalue weighted by Crippen LogP contribution is 2.20. The number of hydrogen-bond acceptors (Lipinski definition) is 1. The van der Waals surface area contributed by atoms with Crippen LogP contribution in [0, 0.1) is 5.92 Å². The van der Waals surface area contributed by atoms with E-state index in [1.165, 1.54) is 0 Å². The normalized spacial score (nSPS) is 16.5. The Morgan fingerprint density at radius 3 is 2.63 bits per heavy atom. The Kier molecular flexibility index (Phi) is 4.86. The van der Waals surface area contributed by atoms with E-state index in [4.69, 9.17) is 0 Å². The molecule has 0 saturated carbocycles. The van der Waals surface area contributed by atoms with Crippen molar-refractivity contribution in [2.24, 2.45) is 5.92 Å². The number of halogens is 1. The van der Waals surface area contributed by atoms with Crippen LogP contribution in [-0.4, -0.2) is 36.0 Å². The van der Waals surface area contributed by atoms with Crippen molar-refractivity contribution in [1.29, 1.82) is 0 Å². The molecule has 104 valence electrons. The highest BCUT2D eigenvalue weighted by Gasteiger charge is 2.23. The molecule has 2 rings (SSSR count). The maximum Gasteiger partial charge on any atom is 0.320 e. The Bertz CT molecular complexity index is 442. The predicted octanol–water partition coefficient (Wildman–Crippen LogP) is 3.73. The maximum absolute atomic E-state index is 12.4. The van der Waals surface area contributed by atoms with Gasteiger partial charge in [0.2, 0.25) is 0 Å². The van der Waals surface area contributed by atoms with E-state index in [-0.39, 0.29) is 6.03 Å². The van der Waals surface area contributed by atoms with Crippen LogP contribution < -0.4 is 0 Å². The highest BCUT2D eigenvalue weighted by molar-refractivity contribution is 9.10. The van der Waals surface area contributed by atoms with Crippen LogP contribution in [0.1, 0.15) is 25.3 Å². The van der Waals surface area contributed by atoms with Crippen molar-refractivity contribution in [3.05, 3.63) is 34.3 Å². The SMILES string of the molecule is CC1CCN(C(=O)N(C)Cc2ccccc2Br)CC1. The van der Waals surface area contributed by atoms with Crippen LogP contribution in [0.25, 0.3) is 0 Å². The smallest absolute Gasteiger partial charge is 0.320 e. The third-order valence-electron chi connectivity index (χ3n) is 3.75. The van der Waals surface area contributed by atoms with Crippen molar-refractivity contribution in [3.63, 3.8) is 0 Å². The van der Waals surface area contributed by atoms with Gasteiger partial charge < -0.3 is 9.80 Å². The predicted molar refractivity (Wildman–Crippen MR) is 81.0 cm³/mol. The van der Waals surface area contributed by atoms with Crippen LogP contribution in [0.15, 0.2) is 28.7 Å². The first-order chi connectivity index (χ1) is 9.08. The number of carbonyl (C=O) groups is 1. The van der Waals surface area contributed by atoms with Gasteiger partial charge in [0.1, 0.15) is 0 Å². The Hall–Kier alpha value is -1.03. The summed E-state index contributed by atoms with van der Waals surface area (Å²) in [5.41, 5.74) is 1.14. The quantitative estimate of drug-likeness (QED) is 0.813. The molecule has 0 unspecified atom stereocenters. The second-order valence-electron chi connectivity index (χ2n) is 5.40. The minimum Gasteiger partial charge on any atom is -0.325 e. The molecular formula is C15H21BrN2O. The third kappa shape index (κ3) is 3.72. The van der Waals surface area contributed by atoms with Gasteiger partial charge in [-0.2, -0.15) is 0 Å². The summed E-state index contributed by atoms with van der Waals surface area (Å²) in [5, 5.41) is 0. The molecule has 0 aliphatic carbocycles. The average molecular weight is 325 g/mol. The Labute approximate surface area is 123 Å². The van der Waals surface area contributed by atoms with Gasteiger partial charge in [0.15, 0.2) is 0 Å². The number of piperidine rings is 1. The van der Waals surface area contributed by atoms with Crippen molar-refractivity contribution in [1.82, 2.24) is 9.80 Å². The van der Waals surface area contributed by atoms with E-state index in [0.29, 0.717) is 6.54 Å². The molecule has 1 aromatic rings. The Balaban J connectivity index is 1.94. The monoisotopic (exact) mass is 324 g/mol. The van der Waals surface area contributed by atoms with Crippen LogP contribution >= 0.6 is 15.9 Å². The van der Waals surface area contributed by atoms with Crippen LogP contribution in [0.4, 0.5) is 4.79 Å². The molecule has 19 heavy (non-hydrogen) atoms. The maximum atomic E-state index is 12.4. The molecule has 0 bridgehead atoms. The lowest BCUT2D eigenvalue weighted by Gasteiger charge is -2.33. The summed E-state index contributed by atoms with van der Waals surface area (Å²) in [6.45, 7) is 4.68. The van der Waals surface area contributed by atoms with Gasteiger partial charge >= 0.3 is 6.03 Å². The number of nitrogens with zero attached hydrogens (tertiary/aromatic N) is 2. The van der Waals surface area contributed by atoms with E-state index in [9.17, 15) is 4.79 Å². The minimum atomic E-state index is 0.141. The lowest BCUT2D eigenvalue weighted by molar-refractivity contribution is 0.141. The van der Waals surface area contributed by atoms with Gasteiger partial charge in [-0.15, -0.1) is 0 Å². The summed E-state index contributed by atoms with van der Waals surface area (Å²) in [4.78, 5) is 16.1. The van der Waals surface area contributed by atoms with E-state index in [2.05, 4.69) is 22.9 Å². The zero-order valence-electron chi connectivity index (χ0n) is 11.6. The fourth-order valence-electron chi connectivity index (χ4n) is 2.39. The van der Waals surface area contributed by atoms with Crippen molar-refractivity contribution in [2.75, 3.05) is 20.1 Å². The van der Waals surface area contributed by atoms with Crippen LogP contribution in [0.5, 0.6) is 0 Å². The van der Waals surface area contributed by atoms with E-state index >= 15 is 0 Å². The molecule has 1 saturated heterocycles. The van der Waals surface area contributed by atoms with Crippen LogP contribution in [0.2, 0.25) is 0 Å². The van der Waals surface area contributed by atoms with E-state index < -0.39 is 0 Å². The van der Waals surface area contributed by atoms with Crippen molar-refractivity contribution < 1.29 is 4.79 Å². The summed E-state index contributed by atoms with van der Waals surface area (Å²) in [7, 11) is 1.87. The molecule has 1 fully saturated rings. The Morgan fingerprint density at radius 2 is 2.00 bits per heavy atom. The number of likely N-dealkylation sites (tertiary alicyclic amines) is 1. The first kappa shape index (κ1) is 14.4. The number of rotatable bonds is 2. The lowest BCUT2D eigenvalue weighted by atomic mass is 10.00. The van der Waals surface area contributed by atoms with Crippen molar-refractivity contribution in [3.8, 4) is 0 Å².